The van der Waals surface area contributed by atoms with E-state index < -0.39 is 0 Å². The largest absolute Gasteiger partial charge is 0.493 e. The van der Waals surface area contributed by atoms with Crippen LogP contribution >= 0.6 is 27.3 Å². The Morgan fingerprint density at radius 1 is 1.24 bits per heavy atom. The van der Waals surface area contributed by atoms with Crippen LogP contribution < -0.4 is 14.8 Å². The molecule has 0 saturated heterocycles. The Morgan fingerprint density at radius 2 is 2.05 bits per heavy atom. The van der Waals surface area contributed by atoms with Crippen LogP contribution in [0.5, 0.6) is 11.5 Å². The number of hydrogen-bond acceptors (Lipinski definition) is 4. The van der Waals surface area contributed by atoms with E-state index in [1.165, 1.54) is 4.88 Å². The van der Waals surface area contributed by atoms with Crippen molar-refractivity contribution in [3.8, 4) is 11.5 Å². The van der Waals surface area contributed by atoms with Crippen LogP contribution in [-0.4, -0.2) is 20.8 Å². The number of benzene rings is 1. The second-order valence-electron chi connectivity index (χ2n) is 4.59. The van der Waals surface area contributed by atoms with Gasteiger partial charge in [0.15, 0.2) is 11.5 Å². The van der Waals surface area contributed by atoms with Gasteiger partial charge in [-0.1, -0.05) is 19.1 Å². The zero-order chi connectivity index (χ0) is 15.2. The predicted octanol–water partition coefficient (Wildman–Crippen LogP) is 4.42. The Hall–Kier alpha value is -1.04. The molecule has 5 heteroatoms. The molecule has 0 radical (unpaired) electrons. The SMILES string of the molecule is CCNC(Cc1sccc1Br)c1cccc(OC)c1OC. The zero-order valence-corrected chi connectivity index (χ0v) is 14.9. The van der Waals surface area contributed by atoms with Crippen molar-refractivity contribution < 1.29 is 9.47 Å². The van der Waals surface area contributed by atoms with Crippen LogP contribution in [-0.2, 0) is 6.42 Å². The number of thiophene rings is 1. The lowest BCUT2D eigenvalue weighted by Gasteiger charge is -2.22. The summed E-state index contributed by atoms with van der Waals surface area (Å²) in [5.74, 6) is 1.57. The molecule has 0 aliphatic carbocycles. The van der Waals surface area contributed by atoms with E-state index in [0.29, 0.717) is 0 Å². The Morgan fingerprint density at radius 3 is 2.62 bits per heavy atom. The normalized spacial score (nSPS) is 12.2. The van der Waals surface area contributed by atoms with Gasteiger partial charge in [0, 0.05) is 27.4 Å². The van der Waals surface area contributed by atoms with Crippen molar-refractivity contribution in [2.45, 2.75) is 19.4 Å². The Kier molecular flexibility index (Phi) is 6.08. The molecule has 0 spiro atoms. The van der Waals surface area contributed by atoms with Gasteiger partial charge in [0.25, 0.3) is 0 Å². The minimum atomic E-state index is 0.190. The molecule has 3 nitrogen and oxygen atoms in total. The van der Waals surface area contributed by atoms with E-state index in [9.17, 15) is 0 Å². The molecular weight excluding hydrogens is 350 g/mol. The van der Waals surface area contributed by atoms with Gasteiger partial charge in [-0.05, 0) is 40.0 Å². The smallest absolute Gasteiger partial charge is 0.165 e. The lowest BCUT2D eigenvalue weighted by atomic mass is 10.0. The quantitative estimate of drug-likeness (QED) is 0.783. The Balaban J connectivity index is 2.36. The number of likely N-dealkylation sites (N-methyl/N-ethyl adjacent to an activating group) is 1. The maximum atomic E-state index is 5.57. The van der Waals surface area contributed by atoms with Crippen molar-refractivity contribution in [1.82, 2.24) is 5.32 Å². The van der Waals surface area contributed by atoms with E-state index in [4.69, 9.17) is 9.47 Å². The molecule has 1 N–H and O–H groups in total. The molecule has 0 bridgehead atoms. The first kappa shape index (κ1) is 16.3. The summed E-state index contributed by atoms with van der Waals surface area (Å²) in [5.41, 5.74) is 1.12. The molecular formula is C16H20BrNO2S. The number of methoxy groups -OCH3 is 2. The van der Waals surface area contributed by atoms with E-state index >= 15 is 0 Å². The van der Waals surface area contributed by atoms with E-state index in [2.05, 4.69) is 45.7 Å². The molecule has 1 aromatic carbocycles. The summed E-state index contributed by atoms with van der Waals surface area (Å²) >= 11 is 5.37. The van der Waals surface area contributed by atoms with Gasteiger partial charge in [0.1, 0.15) is 0 Å². The molecule has 0 aliphatic rings. The number of halogens is 1. The molecule has 0 amide bonds. The number of hydrogen-bond donors (Lipinski definition) is 1. The van der Waals surface area contributed by atoms with Gasteiger partial charge >= 0.3 is 0 Å². The van der Waals surface area contributed by atoms with E-state index in [1.54, 1.807) is 25.6 Å². The van der Waals surface area contributed by atoms with Gasteiger partial charge in [-0.15, -0.1) is 11.3 Å². The summed E-state index contributed by atoms with van der Waals surface area (Å²) in [6.45, 7) is 3.01. The molecule has 21 heavy (non-hydrogen) atoms. The highest BCUT2D eigenvalue weighted by molar-refractivity contribution is 9.10. The first-order chi connectivity index (χ1) is 10.2. The standard InChI is InChI=1S/C16H20BrNO2S/c1-4-18-13(10-15-12(17)8-9-21-15)11-6-5-7-14(19-2)16(11)20-3/h5-9,13,18H,4,10H2,1-3H3. The number of rotatable bonds is 7. The van der Waals surface area contributed by atoms with E-state index in [-0.39, 0.29) is 6.04 Å². The summed E-state index contributed by atoms with van der Waals surface area (Å²) in [7, 11) is 3.35. The van der Waals surface area contributed by atoms with Gasteiger partial charge in [0.2, 0.25) is 0 Å². The topological polar surface area (TPSA) is 30.5 Å². The summed E-state index contributed by atoms with van der Waals surface area (Å²) in [4.78, 5) is 1.32. The van der Waals surface area contributed by atoms with Crippen LogP contribution in [0.4, 0.5) is 0 Å². The van der Waals surface area contributed by atoms with E-state index in [1.807, 2.05) is 12.1 Å². The van der Waals surface area contributed by atoms with Crippen molar-refractivity contribution in [3.63, 3.8) is 0 Å². The number of para-hydroxylation sites is 1. The van der Waals surface area contributed by atoms with Crippen LogP contribution in [0, 0.1) is 0 Å². The third-order valence-corrected chi connectivity index (χ3v) is 5.29. The molecule has 1 atom stereocenters. The molecule has 0 saturated carbocycles. The van der Waals surface area contributed by atoms with Gasteiger partial charge < -0.3 is 14.8 Å². The van der Waals surface area contributed by atoms with Crippen molar-refractivity contribution in [3.05, 3.63) is 44.6 Å². The third kappa shape index (κ3) is 3.78. The fourth-order valence-electron chi connectivity index (χ4n) is 2.38. The van der Waals surface area contributed by atoms with Gasteiger partial charge in [-0.2, -0.15) is 0 Å². The number of ether oxygens (including phenoxy) is 2. The molecule has 2 rings (SSSR count). The predicted molar refractivity (Wildman–Crippen MR) is 91.7 cm³/mol. The molecule has 2 aromatic rings. The summed E-state index contributed by atoms with van der Waals surface area (Å²) in [6, 6.07) is 8.30. The molecule has 1 aromatic heterocycles. The summed E-state index contributed by atoms with van der Waals surface area (Å²) in [6.07, 6.45) is 0.912. The average Bonchev–Trinajstić information content (AvgIpc) is 2.91. The highest BCUT2D eigenvalue weighted by Gasteiger charge is 2.20. The molecule has 1 unspecified atom stereocenters. The maximum Gasteiger partial charge on any atom is 0.165 e. The van der Waals surface area contributed by atoms with Crippen LogP contribution in [0.3, 0.4) is 0 Å². The molecule has 0 fully saturated rings. The van der Waals surface area contributed by atoms with Gasteiger partial charge in [-0.25, -0.2) is 0 Å². The van der Waals surface area contributed by atoms with Crippen molar-refractivity contribution in [1.29, 1.82) is 0 Å². The van der Waals surface area contributed by atoms with Crippen LogP contribution in [0.1, 0.15) is 23.4 Å². The minimum absolute atomic E-state index is 0.190. The molecule has 1 heterocycles. The Labute approximate surface area is 138 Å². The van der Waals surface area contributed by atoms with Crippen molar-refractivity contribution in [2.24, 2.45) is 0 Å². The van der Waals surface area contributed by atoms with Crippen molar-refractivity contribution in [2.75, 3.05) is 20.8 Å². The molecule has 114 valence electrons. The van der Waals surface area contributed by atoms with Crippen LogP contribution in [0.25, 0.3) is 0 Å². The van der Waals surface area contributed by atoms with Gasteiger partial charge in [-0.3, -0.25) is 0 Å². The van der Waals surface area contributed by atoms with Crippen LogP contribution in [0.2, 0.25) is 0 Å². The lowest BCUT2D eigenvalue weighted by Crippen LogP contribution is -2.23. The minimum Gasteiger partial charge on any atom is -0.493 e. The fraction of sp³-hybridized carbons (Fsp3) is 0.375. The second kappa shape index (κ2) is 7.82. The first-order valence-electron chi connectivity index (χ1n) is 6.87. The first-order valence-corrected chi connectivity index (χ1v) is 8.54. The molecule has 0 aliphatic heterocycles. The second-order valence-corrected chi connectivity index (χ2v) is 6.44. The zero-order valence-electron chi connectivity index (χ0n) is 12.5. The van der Waals surface area contributed by atoms with E-state index in [0.717, 1.165) is 34.5 Å². The van der Waals surface area contributed by atoms with Crippen molar-refractivity contribution >= 4 is 27.3 Å². The summed E-state index contributed by atoms with van der Waals surface area (Å²) in [5, 5.41) is 5.64. The lowest BCUT2D eigenvalue weighted by molar-refractivity contribution is 0.346. The summed E-state index contributed by atoms with van der Waals surface area (Å²) < 4.78 is 12.1. The maximum absolute atomic E-state index is 5.57. The highest BCUT2D eigenvalue weighted by atomic mass is 79.9. The van der Waals surface area contributed by atoms with Crippen LogP contribution in [0.15, 0.2) is 34.1 Å². The average molecular weight is 370 g/mol. The number of nitrogens with one attached hydrogen (secondary N) is 1. The van der Waals surface area contributed by atoms with Gasteiger partial charge in [0.05, 0.1) is 14.2 Å². The highest BCUT2D eigenvalue weighted by Crippen LogP contribution is 2.37. The fourth-order valence-corrected chi connectivity index (χ4v) is 3.94. The third-order valence-electron chi connectivity index (χ3n) is 3.34. The Bertz CT molecular complexity index is 585. The monoisotopic (exact) mass is 369 g/mol.